The largest absolute Gasteiger partial charge is 0.497 e. The van der Waals surface area contributed by atoms with Crippen molar-refractivity contribution in [3.8, 4) is 16.9 Å². The summed E-state index contributed by atoms with van der Waals surface area (Å²) >= 11 is 0. The van der Waals surface area contributed by atoms with Crippen molar-refractivity contribution in [1.82, 2.24) is 0 Å². The van der Waals surface area contributed by atoms with Crippen molar-refractivity contribution < 1.29 is 9.15 Å². The first-order valence-corrected chi connectivity index (χ1v) is 4.28. The Labute approximate surface area is 82.1 Å². The van der Waals surface area contributed by atoms with Crippen LogP contribution in [0.3, 0.4) is 0 Å². The molecule has 0 spiro atoms. The minimum atomic E-state index is 0.419. The fraction of sp³-hybridized carbons (Fsp3) is 0.0909. The van der Waals surface area contributed by atoms with Gasteiger partial charge in [0.25, 0.3) is 0 Å². The van der Waals surface area contributed by atoms with E-state index in [4.69, 9.17) is 14.9 Å². The fourth-order valence-electron chi connectivity index (χ4n) is 1.31. The van der Waals surface area contributed by atoms with Gasteiger partial charge in [0, 0.05) is 11.6 Å². The minimum Gasteiger partial charge on any atom is -0.497 e. The summed E-state index contributed by atoms with van der Waals surface area (Å²) in [6.07, 6.45) is 1.63. The van der Waals surface area contributed by atoms with Gasteiger partial charge in [-0.3, -0.25) is 0 Å². The van der Waals surface area contributed by atoms with Crippen LogP contribution in [0.4, 0.5) is 5.88 Å². The predicted octanol–water partition coefficient (Wildman–Crippen LogP) is 2.54. The number of ether oxygens (including phenoxy) is 1. The molecule has 2 aromatic rings. The van der Waals surface area contributed by atoms with E-state index in [2.05, 4.69) is 0 Å². The highest BCUT2D eigenvalue weighted by molar-refractivity contribution is 5.66. The number of hydrogen-bond acceptors (Lipinski definition) is 3. The Hall–Kier alpha value is -1.90. The highest BCUT2D eigenvalue weighted by Crippen LogP contribution is 2.26. The molecule has 0 bridgehead atoms. The molecule has 0 radical (unpaired) electrons. The molecule has 0 atom stereocenters. The molecule has 1 aromatic carbocycles. The van der Waals surface area contributed by atoms with E-state index in [0.29, 0.717) is 5.88 Å². The first-order chi connectivity index (χ1) is 6.79. The lowest BCUT2D eigenvalue weighted by atomic mass is 10.1. The van der Waals surface area contributed by atoms with E-state index in [-0.39, 0.29) is 0 Å². The summed E-state index contributed by atoms with van der Waals surface area (Å²) in [5, 5.41) is 0. The molecule has 0 aliphatic rings. The third kappa shape index (κ3) is 1.57. The molecule has 2 N–H and O–H groups in total. The van der Waals surface area contributed by atoms with Gasteiger partial charge in [-0.05, 0) is 17.7 Å². The Kier molecular flexibility index (Phi) is 2.14. The third-order valence-electron chi connectivity index (χ3n) is 2.02. The summed E-state index contributed by atoms with van der Waals surface area (Å²) in [6.45, 7) is 0. The highest BCUT2D eigenvalue weighted by atomic mass is 16.5. The fourth-order valence-corrected chi connectivity index (χ4v) is 1.31. The molecule has 0 fully saturated rings. The average Bonchev–Trinajstić information content (AvgIpc) is 2.65. The molecular weight excluding hydrogens is 178 g/mol. The number of rotatable bonds is 2. The topological polar surface area (TPSA) is 48.4 Å². The highest BCUT2D eigenvalue weighted by Gasteiger charge is 2.02. The van der Waals surface area contributed by atoms with E-state index in [1.54, 1.807) is 19.4 Å². The summed E-state index contributed by atoms with van der Waals surface area (Å²) in [7, 11) is 1.64. The molecule has 14 heavy (non-hydrogen) atoms. The van der Waals surface area contributed by atoms with Gasteiger partial charge in [-0.25, -0.2) is 0 Å². The summed E-state index contributed by atoms with van der Waals surface area (Å²) < 4.78 is 10.2. The number of methoxy groups -OCH3 is 1. The Morgan fingerprint density at radius 2 is 2.07 bits per heavy atom. The number of anilines is 1. The lowest BCUT2D eigenvalue weighted by Gasteiger charge is -2.01. The Bertz CT molecular complexity index is 434. The van der Waals surface area contributed by atoms with Gasteiger partial charge in [0.05, 0.1) is 7.11 Å². The van der Waals surface area contributed by atoms with Crippen LogP contribution in [0.15, 0.2) is 41.0 Å². The van der Waals surface area contributed by atoms with Gasteiger partial charge < -0.3 is 14.9 Å². The van der Waals surface area contributed by atoms with Crippen molar-refractivity contribution in [1.29, 1.82) is 0 Å². The summed E-state index contributed by atoms with van der Waals surface area (Å²) in [6, 6.07) is 9.52. The van der Waals surface area contributed by atoms with E-state index >= 15 is 0 Å². The van der Waals surface area contributed by atoms with Crippen LogP contribution in [0.25, 0.3) is 11.1 Å². The molecule has 0 aliphatic heterocycles. The van der Waals surface area contributed by atoms with Crippen LogP contribution < -0.4 is 10.5 Å². The van der Waals surface area contributed by atoms with Gasteiger partial charge in [-0.1, -0.05) is 12.1 Å². The minimum absolute atomic E-state index is 0.419. The van der Waals surface area contributed by atoms with Gasteiger partial charge in [0.2, 0.25) is 0 Å². The molecule has 0 amide bonds. The van der Waals surface area contributed by atoms with E-state index in [9.17, 15) is 0 Å². The average molecular weight is 189 g/mol. The van der Waals surface area contributed by atoms with Gasteiger partial charge in [0.1, 0.15) is 12.0 Å². The molecule has 1 aromatic heterocycles. The van der Waals surface area contributed by atoms with Crippen LogP contribution in [0, 0.1) is 0 Å². The van der Waals surface area contributed by atoms with Gasteiger partial charge >= 0.3 is 0 Å². The number of benzene rings is 1. The quantitative estimate of drug-likeness (QED) is 0.789. The molecule has 2 rings (SSSR count). The zero-order chi connectivity index (χ0) is 9.97. The second-order valence-corrected chi connectivity index (χ2v) is 2.97. The van der Waals surface area contributed by atoms with Crippen molar-refractivity contribution >= 4 is 5.88 Å². The lowest BCUT2D eigenvalue weighted by Crippen LogP contribution is -1.82. The molecule has 0 saturated heterocycles. The zero-order valence-electron chi connectivity index (χ0n) is 7.86. The molecule has 0 aliphatic carbocycles. The van der Waals surface area contributed by atoms with E-state index in [1.165, 1.54) is 0 Å². The van der Waals surface area contributed by atoms with Crippen molar-refractivity contribution in [2.24, 2.45) is 0 Å². The number of hydrogen-bond donors (Lipinski definition) is 1. The summed E-state index contributed by atoms with van der Waals surface area (Å²) in [5.74, 6) is 1.24. The van der Waals surface area contributed by atoms with E-state index in [1.807, 2.05) is 24.3 Å². The van der Waals surface area contributed by atoms with Crippen LogP contribution >= 0.6 is 0 Å². The molecule has 1 heterocycles. The molecular formula is C11H11NO2. The monoisotopic (exact) mass is 189 g/mol. The summed E-state index contributed by atoms with van der Waals surface area (Å²) in [5.41, 5.74) is 7.48. The number of nitrogens with two attached hydrogens (primary N) is 1. The maximum atomic E-state index is 5.49. The first kappa shape index (κ1) is 8.69. The van der Waals surface area contributed by atoms with Gasteiger partial charge in [-0.2, -0.15) is 0 Å². The lowest BCUT2D eigenvalue weighted by molar-refractivity contribution is 0.415. The molecule has 3 nitrogen and oxygen atoms in total. The zero-order valence-corrected chi connectivity index (χ0v) is 7.86. The second-order valence-electron chi connectivity index (χ2n) is 2.97. The maximum Gasteiger partial charge on any atom is 0.190 e. The van der Waals surface area contributed by atoms with Crippen molar-refractivity contribution in [3.05, 3.63) is 36.6 Å². The smallest absolute Gasteiger partial charge is 0.190 e. The Balaban J connectivity index is 2.41. The van der Waals surface area contributed by atoms with Crippen LogP contribution in [-0.2, 0) is 0 Å². The molecule has 0 saturated carbocycles. The van der Waals surface area contributed by atoms with Crippen LogP contribution in [0.2, 0.25) is 0 Å². The standard InChI is InChI=1S/C11H11NO2/c1-13-10-4-2-3-8(5-10)9-6-11(12)14-7-9/h2-7H,12H2,1H3. The van der Waals surface area contributed by atoms with Gasteiger partial charge in [-0.15, -0.1) is 0 Å². The van der Waals surface area contributed by atoms with Crippen molar-refractivity contribution in [2.75, 3.05) is 12.8 Å². The SMILES string of the molecule is COc1cccc(-c2coc(N)c2)c1. The number of nitrogen functional groups attached to an aromatic ring is 1. The first-order valence-electron chi connectivity index (χ1n) is 4.28. The van der Waals surface area contributed by atoms with E-state index < -0.39 is 0 Å². The second kappa shape index (κ2) is 3.46. The number of furan rings is 1. The Morgan fingerprint density at radius 1 is 1.21 bits per heavy atom. The van der Waals surface area contributed by atoms with Crippen LogP contribution in [0.1, 0.15) is 0 Å². The van der Waals surface area contributed by atoms with Crippen LogP contribution in [0.5, 0.6) is 5.75 Å². The maximum absolute atomic E-state index is 5.49. The van der Waals surface area contributed by atoms with Crippen molar-refractivity contribution in [2.45, 2.75) is 0 Å². The van der Waals surface area contributed by atoms with E-state index in [0.717, 1.165) is 16.9 Å². The predicted molar refractivity (Wildman–Crippen MR) is 55.1 cm³/mol. The summed E-state index contributed by atoms with van der Waals surface area (Å²) in [4.78, 5) is 0. The van der Waals surface area contributed by atoms with Crippen molar-refractivity contribution in [3.63, 3.8) is 0 Å². The molecule has 0 unspecified atom stereocenters. The normalized spacial score (nSPS) is 10.1. The van der Waals surface area contributed by atoms with Crippen LogP contribution in [-0.4, -0.2) is 7.11 Å². The third-order valence-corrected chi connectivity index (χ3v) is 2.02. The molecule has 72 valence electrons. The Morgan fingerprint density at radius 3 is 2.71 bits per heavy atom. The van der Waals surface area contributed by atoms with Gasteiger partial charge in [0.15, 0.2) is 5.88 Å². The molecule has 3 heteroatoms.